The lowest BCUT2D eigenvalue weighted by atomic mass is 10.0. The molecule has 94 valence electrons. The minimum absolute atomic E-state index is 0.0634. The van der Waals surface area contributed by atoms with Crippen molar-refractivity contribution in [2.24, 2.45) is 11.7 Å². The molecule has 1 atom stereocenters. The molecule has 0 aromatic carbocycles. The standard InChI is InChI=1S/C10H20N2O3S/c1-7(2)5-8(11)10(15)12-3-4-16-6-9(13)14/h7-8H,3-6,11H2,1-2H3,(H,12,15)(H,13,14)/t8-/m0/s1. The van der Waals surface area contributed by atoms with E-state index in [1.807, 2.05) is 13.8 Å². The van der Waals surface area contributed by atoms with Crippen LogP contribution in [0.1, 0.15) is 20.3 Å². The number of rotatable bonds is 8. The molecule has 0 aliphatic carbocycles. The van der Waals surface area contributed by atoms with E-state index in [4.69, 9.17) is 10.8 Å². The highest BCUT2D eigenvalue weighted by Gasteiger charge is 2.13. The summed E-state index contributed by atoms with van der Waals surface area (Å²) in [5.74, 6) is 0.0416. The Hall–Kier alpha value is -0.750. The first-order chi connectivity index (χ1) is 7.43. The molecule has 0 spiro atoms. The quantitative estimate of drug-likeness (QED) is 0.537. The second-order valence-electron chi connectivity index (χ2n) is 3.97. The minimum Gasteiger partial charge on any atom is -0.481 e. The molecule has 0 rings (SSSR count). The van der Waals surface area contributed by atoms with Gasteiger partial charge in [0.2, 0.25) is 5.91 Å². The first kappa shape index (κ1) is 15.2. The zero-order valence-corrected chi connectivity index (χ0v) is 10.5. The van der Waals surface area contributed by atoms with Crippen LogP contribution in [-0.2, 0) is 9.59 Å². The van der Waals surface area contributed by atoms with Crippen LogP contribution in [-0.4, -0.2) is 41.1 Å². The summed E-state index contributed by atoms with van der Waals surface area (Å²) in [5.41, 5.74) is 5.67. The zero-order valence-electron chi connectivity index (χ0n) is 9.73. The van der Waals surface area contributed by atoms with Gasteiger partial charge in [0.25, 0.3) is 0 Å². The molecular weight excluding hydrogens is 228 g/mol. The highest BCUT2D eigenvalue weighted by atomic mass is 32.2. The van der Waals surface area contributed by atoms with Crippen molar-refractivity contribution in [3.63, 3.8) is 0 Å². The van der Waals surface area contributed by atoms with Gasteiger partial charge in [-0.1, -0.05) is 13.8 Å². The van der Waals surface area contributed by atoms with Gasteiger partial charge in [-0.05, 0) is 12.3 Å². The van der Waals surface area contributed by atoms with Crippen LogP contribution in [0.4, 0.5) is 0 Å². The van der Waals surface area contributed by atoms with Crippen LogP contribution in [0.15, 0.2) is 0 Å². The zero-order chi connectivity index (χ0) is 12.6. The molecule has 1 amide bonds. The summed E-state index contributed by atoms with van der Waals surface area (Å²) >= 11 is 1.27. The Balaban J connectivity index is 3.53. The largest absolute Gasteiger partial charge is 0.481 e. The molecule has 0 aromatic heterocycles. The van der Waals surface area contributed by atoms with Gasteiger partial charge < -0.3 is 16.2 Å². The molecular formula is C10H20N2O3S. The lowest BCUT2D eigenvalue weighted by Gasteiger charge is -2.13. The second-order valence-corrected chi connectivity index (χ2v) is 5.08. The first-order valence-electron chi connectivity index (χ1n) is 5.26. The van der Waals surface area contributed by atoms with Crippen LogP contribution in [0.5, 0.6) is 0 Å². The van der Waals surface area contributed by atoms with Crippen molar-refractivity contribution in [3.05, 3.63) is 0 Å². The number of carboxylic acid groups (broad SMARTS) is 1. The van der Waals surface area contributed by atoms with Crippen LogP contribution in [0.2, 0.25) is 0 Å². The van der Waals surface area contributed by atoms with Gasteiger partial charge in [-0.25, -0.2) is 0 Å². The topological polar surface area (TPSA) is 92.4 Å². The van der Waals surface area contributed by atoms with E-state index in [1.54, 1.807) is 0 Å². The number of amides is 1. The third-order valence-electron chi connectivity index (χ3n) is 1.83. The van der Waals surface area contributed by atoms with Crippen LogP contribution < -0.4 is 11.1 Å². The molecule has 0 aliphatic heterocycles. The predicted octanol–water partition coefficient (Wildman–Crippen LogP) is 0.294. The van der Waals surface area contributed by atoms with Crippen molar-refractivity contribution in [3.8, 4) is 0 Å². The Kier molecular flexibility index (Phi) is 8.01. The Morgan fingerprint density at radius 3 is 2.56 bits per heavy atom. The number of thioether (sulfide) groups is 1. The monoisotopic (exact) mass is 248 g/mol. The van der Waals surface area contributed by atoms with Crippen LogP contribution in [0.3, 0.4) is 0 Å². The van der Waals surface area contributed by atoms with Gasteiger partial charge in [0, 0.05) is 12.3 Å². The fraction of sp³-hybridized carbons (Fsp3) is 0.800. The average molecular weight is 248 g/mol. The molecule has 6 heteroatoms. The van der Waals surface area contributed by atoms with E-state index in [0.29, 0.717) is 24.6 Å². The van der Waals surface area contributed by atoms with Crippen molar-refractivity contribution in [1.29, 1.82) is 0 Å². The number of nitrogens with one attached hydrogen (secondary N) is 1. The SMILES string of the molecule is CC(C)C[C@H](N)C(=O)NCCSCC(=O)O. The van der Waals surface area contributed by atoms with Gasteiger partial charge in [0.1, 0.15) is 0 Å². The molecule has 0 saturated heterocycles. The van der Waals surface area contributed by atoms with Gasteiger partial charge in [0.15, 0.2) is 0 Å². The van der Waals surface area contributed by atoms with Crippen LogP contribution in [0, 0.1) is 5.92 Å². The van der Waals surface area contributed by atoms with Gasteiger partial charge >= 0.3 is 5.97 Å². The first-order valence-corrected chi connectivity index (χ1v) is 6.41. The predicted molar refractivity (Wildman–Crippen MR) is 65.4 cm³/mol. The maximum Gasteiger partial charge on any atom is 0.313 e. The van der Waals surface area contributed by atoms with E-state index in [0.717, 1.165) is 0 Å². The van der Waals surface area contributed by atoms with Crippen molar-refractivity contribution in [2.45, 2.75) is 26.3 Å². The Morgan fingerprint density at radius 2 is 2.06 bits per heavy atom. The smallest absolute Gasteiger partial charge is 0.313 e. The van der Waals surface area contributed by atoms with Crippen LogP contribution >= 0.6 is 11.8 Å². The summed E-state index contributed by atoms with van der Waals surface area (Å²) < 4.78 is 0. The second kappa shape index (κ2) is 8.41. The minimum atomic E-state index is -0.840. The summed E-state index contributed by atoms with van der Waals surface area (Å²) in [6.07, 6.45) is 0.661. The molecule has 0 saturated carbocycles. The Bertz CT molecular complexity index is 234. The highest BCUT2D eigenvalue weighted by Crippen LogP contribution is 2.02. The number of hydrogen-bond acceptors (Lipinski definition) is 4. The van der Waals surface area contributed by atoms with Crippen molar-refractivity contribution >= 4 is 23.6 Å². The number of nitrogens with two attached hydrogens (primary N) is 1. The molecule has 5 nitrogen and oxygen atoms in total. The van der Waals surface area contributed by atoms with Crippen LogP contribution in [0.25, 0.3) is 0 Å². The van der Waals surface area contributed by atoms with Gasteiger partial charge in [-0.15, -0.1) is 11.8 Å². The maximum atomic E-state index is 11.4. The molecule has 0 fully saturated rings. The summed E-state index contributed by atoms with van der Waals surface area (Å²) in [6.45, 7) is 4.48. The molecule has 0 heterocycles. The van der Waals surface area contributed by atoms with E-state index in [1.165, 1.54) is 11.8 Å². The third-order valence-corrected chi connectivity index (χ3v) is 2.78. The summed E-state index contributed by atoms with van der Waals surface area (Å²) in [6, 6.07) is -0.468. The van der Waals surface area contributed by atoms with Crippen molar-refractivity contribution in [1.82, 2.24) is 5.32 Å². The van der Waals surface area contributed by atoms with Gasteiger partial charge in [0.05, 0.1) is 11.8 Å². The van der Waals surface area contributed by atoms with Gasteiger partial charge in [-0.2, -0.15) is 0 Å². The Morgan fingerprint density at radius 1 is 1.44 bits per heavy atom. The number of carboxylic acids is 1. The number of aliphatic carboxylic acids is 1. The maximum absolute atomic E-state index is 11.4. The molecule has 0 aliphatic rings. The van der Waals surface area contributed by atoms with E-state index >= 15 is 0 Å². The molecule has 4 N–H and O–H groups in total. The highest BCUT2D eigenvalue weighted by molar-refractivity contribution is 7.99. The molecule has 0 bridgehead atoms. The lowest BCUT2D eigenvalue weighted by molar-refractivity contribution is -0.133. The van der Waals surface area contributed by atoms with E-state index in [-0.39, 0.29) is 11.7 Å². The molecule has 16 heavy (non-hydrogen) atoms. The molecule has 0 aromatic rings. The van der Waals surface area contributed by atoms with Gasteiger partial charge in [-0.3, -0.25) is 9.59 Å². The van der Waals surface area contributed by atoms with E-state index < -0.39 is 12.0 Å². The normalized spacial score (nSPS) is 12.5. The fourth-order valence-corrected chi connectivity index (χ4v) is 1.72. The van der Waals surface area contributed by atoms with E-state index in [2.05, 4.69) is 5.32 Å². The number of carbonyl (C=O) groups is 2. The molecule has 0 unspecified atom stereocenters. The summed E-state index contributed by atoms with van der Waals surface area (Å²) in [7, 11) is 0. The molecule has 0 radical (unpaired) electrons. The Labute approximate surface area is 100 Å². The number of hydrogen-bond donors (Lipinski definition) is 3. The van der Waals surface area contributed by atoms with E-state index in [9.17, 15) is 9.59 Å². The number of carbonyl (C=O) groups excluding carboxylic acids is 1. The third kappa shape index (κ3) is 8.55. The lowest BCUT2D eigenvalue weighted by Crippen LogP contribution is -2.42. The average Bonchev–Trinajstić information content (AvgIpc) is 2.15. The van der Waals surface area contributed by atoms with Crippen molar-refractivity contribution < 1.29 is 14.7 Å². The fourth-order valence-electron chi connectivity index (χ4n) is 1.15. The summed E-state index contributed by atoms with van der Waals surface area (Å²) in [4.78, 5) is 21.6. The van der Waals surface area contributed by atoms with Crippen molar-refractivity contribution in [2.75, 3.05) is 18.1 Å². The summed E-state index contributed by atoms with van der Waals surface area (Å²) in [5, 5.41) is 11.1.